The third-order valence-corrected chi connectivity index (χ3v) is 3.02. The van der Waals surface area contributed by atoms with Crippen LogP contribution in [0.2, 0.25) is 0 Å². The zero-order valence-corrected chi connectivity index (χ0v) is 8.45. The molecule has 0 aliphatic heterocycles. The molecule has 0 aromatic heterocycles. The second-order valence-electron chi connectivity index (χ2n) is 4.14. The summed E-state index contributed by atoms with van der Waals surface area (Å²) in [6.07, 6.45) is 3.36. The maximum absolute atomic E-state index is 13.5. The molecule has 1 nitrogen and oxygen atoms in total. The first-order chi connectivity index (χ1) is 6.06. The Morgan fingerprint density at radius 1 is 1.38 bits per heavy atom. The lowest BCUT2D eigenvalue weighted by Gasteiger charge is -2.25. The third kappa shape index (κ3) is 2.90. The van der Waals surface area contributed by atoms with Gasteiger partial charge in [-0.05, 0) is 26.8 Å². The Morgan fingerprint density at radius 2 is 1.92 bits per heavy atom. The van der Waals surface area contributed by atoms with Gasteiger partial charge in [0.25, 0.3) is 5.92 Å². The second kappa shape index (κ2) is 4.36. The lowest BCUT2D eigenvalue weighted by molar-refractivity contribution is -0.0683. The highest BCUT2D eigenvalue weighted by Gasteiger charge is 2.41. The van der Waals surface area contributed by atoms with Gasteiger partial charge in [0, 0.05) is 18.4 Å². The van der Waals surface area contributed by atoms with Crippen molar-refractivity contribution in [2.24, 2.45) is 5.92 Å². The minimum atomic E-state index is -2.46. The Hall–Kier alpha value is -0.180. The van der Waals surface area contributed by atoms with E-state index < -0.39 is 5.92 Å². The summed E-state index contributed by atoms with van der Waals surface area (Å²) in [5, 5.41) is 2.86. The Balaban J connectivity index is 2.43. The van der Waals surface area contributed by atoms with E-state index >= 15 is 0 Å². The monoisotopic (exact) mass is 191 g/mol. The van der Waals surface area contributed by atoms with E-state index in [9.17, 15) is 8.78 Å². The van der Waals surface area contributed by atoms with E-state index in [1.54, 1.807) is 7.05 Å². The van der Waals surface area contributed by atoms with Crippen LogP contribution in [0.3, 0.4) is 0 Å². The van der Waals surface area contributed by atoms with Crippen molar-refractivity contribution < 1.29 is 8.78 Å². The van der Waals surface area contributed by atoms with Gasteiger partial charge in [-0.2, -0.15) is 0 Å². The predicted molar refractivity (Wildman–Crippen MR) is 50.0 cm³/mol. The smallest absolute Gasteiger partial charge is 0.252 e. The molecular weight excluding hydrogens is 172 g/mol. The number of halogens is 2. The predicted octanol–water partition coefficient (Wildman–Crippen LogP) is 2.81. The quantitative estimate of drug-likeness (QED) is 0.720. The average molecular weight is 191 g/mol. The van der Waals surface area contributed by atoms with Crippen molar-refractivity contribution in [1.29, 1.82) is 0 Å². The number of rotatable bonds is 4. The molecule has 0 spiro atoms. The molecule has 1 rings (SSSR count). The summed E-state index contributed by atoms with van der Waals surface area (Å²) in [4.78, 5) is 0. The van der Waals surface area contributed by atoms with Gasteiger partial charge in [-0.25, -0.2) is 8.78 Å². The third-order valence-electron chi connectivity index (χ3n) is 3.02. The summed E-state index contributed by atoms with van der Waals surface area (Å²) < 4.78 is 27.1. The molecule has 0 saturated heterocycles. The minimum Gasteiger partial charge on any atom is -0.317 e. The SMILES string of the molecule is CNC(C)CC(F)(F)C1CCCC1. The summed E-state index contributed by atoms with van der Waals surface area (Å²) in [5.74, 6) is -2.82. The van der Waals surface area contributed by atoms with E-state index in [2.05, 4.69) is 5.32 Å². The zero-order valence-electron chi connectivity index (χ0n) is 8.45. The minimum absolute atomic E-state index is 0.0197. The molecule has 78 valence electrons. The van der Waals surface area contributed by atoms with Crippen LogP contribution in [0.15, 0.2) is 0 Å². The van der Waals surface area contributed by atoms with E-state index in [4.69, 9.17) is 0 Å². The van der Waals surface area contributed by atoms with Gasteiger partial charge in [0.2, 0.25) is 0 Å². The van der Waals surface area contributed by atoms with Crippen molar-refractivity contribution in [2.45, 2.75) is 51.0 Å². The fourth-order valence-electron chi connectivity index (χ4n) is 2.03. The lowest BCUT2D eigenvalue weighted by atomic mass is 9.94. The molecule has 0 radical (unpaired) electrons. The van der Waals surface area contributed by atoms with Crippen LogP contribution in [-0.2, 0) is 0 Å². The second-order valence-corrected chi connectivity index (χ2v) is 4.14. The largest absolute Gasteiger partial charge is 0.317 e. The van der Waals surface area contributed by atoms with E-state index in [1.165, 1.54) is 0 Å². The van der Waals surface area contributed by atoms with Gasteiger partial charge >= 0.3 is 0 Å². The van der Waals surface area contributed by atoms with Crippen LogP contribution in [0.25, 0.3) is 0 Å². The van der Waals surface area contributed by atoms with Gasteiger partial charge in [-0.3, -0.25) is 0 Å². The molecule has 0 aromatic rings. The first kappa shape index (κ1) is 10.9. The van der Waals surface area contributed by atoms with Gasteiger partial charge < -0.3 is 5.32 Å². The number of hydrogen-bond donors (Lipinski definition) is 1. The van der Waals surface area contributed by atoms with E-state index in [1.807, 2.05) is 6.92 Å². The molecule has 1 aliphatic rings. The van der Waals surface area contributed by atoms with Crippen LogP contribution < -0.4 is 5.32 Å². The topological polar surface area (TPSA) is 12.0 Å². The zero-order chi connectivity index (χ0) is 9.90. The first-order valence-electron chi connectivity index (χ1n) is 5.11. The molecule has 0 amide bonds. The maximum Gasteiger partial charge on any atom is 0.252 e. The molecular formula is C10H19F2N. The molecule has 1 N–H and O–H groups in total. The molecule has 0 aromatic carbocycles. The van der Waals surface area contributed by atoms with Crippen molar-refractivity contribution in [2.75, 3.05) is 7.05 Å². The summed E-state index contributed by atoms with van der Waals surface area (Å²) >= 11 is 0. The number of hydrogen-bond acceptors (Lipinski definition) is 1. The van der Waals surface area contributed by atoms with Gasteiger partial charge in [0.15, 0.2) is 0 Å². The standard InChI is InChI=1S/C10H19F2N/c1-8(13-2)7-10(11,12)9-5-3-4-6-9/h8-9,13H,3-7H2,1-2H3. The van der Waals surface area contributed by atoms with Crippen molar-refractivity contribution in [3.05, 3.63) is 0 Å². The van der Waals surface area contributed by atoms with Gasteiger partial charge in [0.1, 0.15) is 0 Å². The van der Waals surface area contributed by atoms with Crippen molar-refractivity contribution in [3.63, 3.8) is 0 Å². The molecule has 1 fully saturated rings. The van der Waals surface area contributed by atoms with Gasteiger partial charge in [0.05, 0.1) is 0 Å². The highest BCUT2D eigenvalue weighted by atomic mass is 19.3. The normalized spacial score (nSPS) is 22.2. The van der Waals surface area contributed by atoms with Gasteiger partial charge in [-0.15, -0.1) is 0 Å². The molecule has 1 atom stereocenters. The fraction of sp³-hybridized carbons (Fsp3) is 1.00. The van der Waals surface area contributed by atoms with Crippen molar-refractivity contribution in [3.8, 4) is 0 Å². The van der Waals surface area contributed by atoms with Crippen molar-refractivity contribution >= 4 is 0 Å². The Labute approximate surface area is 78.9 Å². The maximum atomic E-state index is 13.5. The number of alkyl halides is 2. The van der Waals surface area contributed by atoms with E-state index in [0.717, 1.165) is 12.8 Å². The molecule has 1 saturated carbocycles. The average Bonchev–Trinajstić information content (AvgIpc) is 2.55. The lowest BCUT2D eigenvalue weighted by Crippen LogP contribution is -2.35. The molecule has 1 aliphatic carbocycles. The molecule has 0 heterocycles. The van der Waals surface area contributed by atoms with Crippen LogP contribution in [-0.4, -0.2) is 19.0 Å². The van der Waals surface area contributed by atoms with Crippen LogP contribution in [0, 0.1) is 5.92 Å². The number of nitrogens with one attached hydrogen (secondary N) is 1. The van der Waals surface area contributed by atoms with Crippen molar-refractivity contribution in [1.82, 2.24) is 5.32 Å². The fourth-order valence-corrected chi connectivity index (χ4v) is 2.03. The molecule has 0 bridgehead atoms. The summed E-state index contributed by atoms with van der Waals surface area (Å²) in [7, 11) is 1.73. The molecule has 13 heavy (non-hydrogen) atoms. The van der Waals surface area contributed by atoms with Crippen LogP contribution >= 0.6 is 0 Å². The van der Waals surface area contributed by atoms with Crippen LogP contribution in [0.4, 0.5) is 8.78 Å². The highest BCUT2D eigenvalue weighted by molar-refractivity contribution is 4.84. The van der Waals surface area contributed by atoms with Gasteiger partial charge in [-0.1, -0.05) is 12.8 Å². The summed E-state index contributed by atoms with van der Waals surface area (Å²) in [6, 6.07) is -0.0874. The molecule has 1 unspecified atom stereocenters. The summed E-state index contributed by atoms with van der Waals surface area (Å²) in [6.45, 7) is 1.81. The Morgan fingerprint density at radius 3 is 2.38 bits per heavy atom. The Kier molecular flexibility index (Phi) is 3.65. The van der Waals surface area contributed by atoms with E-state index in [-0.39, 0.29) is 18.4 Å². The molecule has 3 heteroatoms. The Bertz CT molecular complexity index is 153. The van der Waals surface area contributed by atoms with Crippen LogP contribution in [0.5, 0.6) is 0 Å². The van der Waals surface area contributed by atoms with E-state index in [0.29, 0.717) is 12.8 Å². The highest BCUT2D eigenvalue weighted by Crippen LogP contribution is 2.40. The first-order valence-corrected chi connectivity index (χ1v) is 5.11. The van der Waals surface area contributed by atoms with Crippen LogP contribution in [0.1, 0.15) is 39.0 Å². The summed E-state index contributed by atoms with van der Waals surface area (Å²) in [5.41, 5.74) is 0.